The molecule has 4 heteroatoms. The first-order chi connectivity index (χ1) is 8.52. The molecule has 0 bridgehead atoms. The van der Waals surface area contributed by atoms with E-state index in [1.54, 1.807) is 0 Å². The number of hydrogen-bond donors (Lipinski definition) is 3. The molecule has 3 N–H and O–H groups in total. The molecule has 1 fully saturated rings. The third-order valence-electron chi connectivity index (χ3n) is 3.34. The highest BCUT2D eigenvalue weighted by atomic mass is 15.1. The molecule has 1 aliphatic heterocycles. The van der Waals surface area contributed by atoms with Crippen molar-refractivity contribution in [3.05, 3.63) is 24.0 Å². The molecular formula is C14H20N4. The van der Waals surface area contributed by atoms with E-state index in [4.69, 9.17) is 0 Å². The number of anilines is 1. The number of imidazole rings is 1. The Balaban J connectivity index is 1.91. The molecule has 1 aromatic carbocycles. The van der Waals surface area contributed by atoms with Crippen LogP contribution < -0.4 is 10.6 Å². The minimum atomic E-state index is 0.0600. The summed E-state index contributed by atoms with van der Waals surface area (Å²) < 4.78 is 0. The molecular weight excluding hydrogens is 224 g/mol. The van der Waals surface area contributed by atoms with Crippen molar-refractivity contribution in [2.75, 3.05) is 18.4 Å². The van der Waals surface area contributed by atoms with Gasteiger partial charge >= 0.3 is 0 Å². The Morgan fingerprint density at radius 3 is 2.67 bits per heavy atom. The quantitative estimate of drug-likeness (QED) is 0.759. The van der Waals surface area contributed by atoms with Crippen LogP contribution in [0.3, 0.4) is 0 Å². The van der Waals surface area contributed by atoms with Crippen LogP contribution in [-0.4, -0.2) is 29.1 Å². The van der Waals surface area contributed by atoms with Crippen LogP contribution in [0, 0.1) is 0 Å². The van der Waals surface area contributed by atoms with E-state index in [9.17, 15) is 0 Å². The lowest BCUT2D eigenvalue weighted by Gasteiger charge is -2.28. The average molecular weight is 244 g/mol. The monoisotopic (exact) mass is 244 g/mol. The predicted octanol–water partition coefficient (Wildman–Crippen LogP) is 2.24. The number of hydrogen-bond acceptors (Lipinski definition) is 3. The van der Waals surface area contributed by atoms with Crippen molar-refractivity contribution in [2.24, 2.45) is 0 Å². The number of benzene rings is 1. The summed E-state index contributed by atoms with van der Waals surface area (Å²) in [6.45, 7) is 8.61. The van der Waals surface area contributed by atoms with Gasteiger partial charge in [0.15, 0.2) is 0 Å². The molecule has 0 saturated carbocycles. The van der Waals surface area contributed by atoms with Gasteiger partial charge in [0.1, 0.15) is 5.82 Å². The van der Waals surface area contributed by atoms with Gasteiger partial charge in [-0.05, 0) is 18.2 Å². The topological polar surface area (TPSA) is 52.7 Å². The number of nitrogens with one attached hydrogen (secondary N) is 3. The molecule has 18 heavy (non-hydrogen) atoms. The van der Waals surface area contributed by atoms with Gasteiger partial charge in [-0.2, -0.15) is 0 Å². The van der Waals surface area contributed by atoms with Crippen LogP contribution in [0.5, 0.6) is 0 Å². The molecule has 4 nitrogen and oxygen atoms in total. The molecule has 0 aliphatic carbocycles. The highest BCUT2D eigenvalue weighted by Gasteiger charge is 2.19. The third kappa shape index (κ3) is 2.08. The molecule has 96 valence electrons. The second-order valence-corrected chi connectivity index (χ2v) is 6.07. The van der Waals surface area contributed by atoms with Crippen molar-refractivity contribution in [3.63, 3.8) is 0 Å². The highest BCUT2D eigenvalue weighted by Crippen LogP contribution is 2.24. The van der Waals surface area contributed by atoms with E-state index in [1.165, 1.54) is 0 Å². The van der Waals surface area contributed by atoms with Crippen LogP contribution >= 0.6 is 0 Å². The van der Waals surface area contributed by atoms with Gasteiger partial charge < -0.3 is 15.6 Å². The lowest BCUT2D eigenvalue weighted by molar-refractivity contribution is 0.472. The maximum absolute atomic E-state index is 4.64. The first kappa shape index (κ1) is 11.5. The van der Waals surface area contributed by atoms with E-state index in [0.29, 0.717) is 6.04 Å². The van der Waals surface area contributed by atoms with Gasteiger partial charge in [0.2, 0.25) is 0 Å². The van der Waals surface area contributed by atoms with Gasteiger partial charge in [-0.15, -0.1) is 0 Å². The molecule has 1 aromatic heterocycles. The number of nitrogens with zero attached hydrogens (tertiary/aromatic N) is 1. The molecule has 0 atom stereocenters. The van der Waals surface area contributed by atoms with E-state index in [-0.39, 0.29) is 5.41 Å². The summed E-state index contributed by atoms with van der Waals surface area (Å²) in [6, 6.07) is 6.90. The molecule has 2 heterocycles. The molecule has 0 radical (unpaired) electrons. The summed E-state index contributed by atoms with van der Waals surface area (Å²) in [5.74, 6) is 1.04. The Morgan fingerprint density at radius 2 is 2.06 bits per heavy atom. The first-order valence-electron chi connectivity index (χ1n) is 6.50. The Hall–Kier alpha value is -1.55. The van der Waals surface area contributed by atoms with Gasteiger partial charge in [0.25, 0.3) is 0 Å². The minimum absolute atomic E-state index is 0.0600. The Bertz CT molecular complexity index is 561. The summed E-state index contributed by atoms with van der Waals surface area (Å²) >= 11 is 0. The zero-order chi connectivity index (χ0) is 12.8. The lowest BCUT2D eigenvalue weighted by atomic mass is 9.96. The second kappa shape index (κ2) is 3.99. The van der Waals surface area contributed by atoms with Crippen LogP contribution in [0.4, 0.5) is 5.69 Å². The molecule has 0 spiro atoms. The molecule has 1 aliphatic rings. The van der Waals surface area contributed by atoms with E-state index < -0.39 is 0 Å². The van der Waals surface area contributed by atoms with Crippen molar-refractivity contribution in [3.8, 4) is 0 Å². The van der Waals surface area contributed by atoms with Crippen molar-refractivity contribution < 1.29 is 0 Å². The average Bonchev–Trinajstić information content (AvgIpc) is 2.66. The van der Waals surface area contributed by atoms with Gasteiger partial charge in [-0.25, -0.2) is 4.98 Å². The second-order valence-electron chi connectivity index (χ2n) is 6.07. The number of fused-ring (bicyclic) bond motifs is 1. The molecule has 0 amide bonds. The van der Waals surface area contributed by atoms with Crippen LogP contribution in [0.15, 0.2) is 18.2 Å². The van der Waals surface area contributed by atoms with Crippen molar-refractivity contribution >= 4 is 16.7 Å². The minimum Gasteiger partial charge on any atom is -0.380 e. The van der Waals surface area contributed by atoms with Crippen molar-refractivity contribution in [1.29, 1.82) is 0 Å². The normalized spacial score (nSPS) is 16.8. The summed E-state index contributed by atoms with van der Waals surface area (Å²) in [4.78, 5) is 8.06. The SMILES string of the molecule is CC(C)(C)c1nc2ccc(NC3CNC3)cc2[nH]1. The molecule has 1 saturated heterocycles. The van der Waals surface area contributed by atoms with Gasteiger partial charge in [0, 0.05) is 24.2 Å². The van der Waals surface area contributed by atoms with Gasteiger partial charge in [-0.1, -0.05) is 20.8 Å². The first-order valence-corrected chi connectivity index (χ1v) is 6.50. The zero-order valence-electron chi connectivity index (χ0n) is 11.2. The molecule has 2 aromatic rings. The Labute approximate surface area is 107 Å². The summed E-state index contributed by atoms with van der Waals surface area (Å²) in [6.07, 6.45) is 0. The summed E-state index contributed by atoms with van der Waals surface area (Å²) in [5.41, 5.74) is 3.37. The highest BCUT2D eigenvalue weighted by molar-refractivity contribution is 5.79. The van der Waals surface area contributed by atoms with E-state index in [2.05, 4.69) is 59.6 Å². The largest absolute Gasteiger partial charge is 0.380 e. The number of H-pyrrole nitrogens is 1. The fraction of sp³-hybridized carbons (Fsp3) is 0.500. The fourth-order valence-electron chi connectivity index (χ4n) is 2.08. The van der Waals surface area contributed by atoms with Crippen LogP contribution in [0.25, 0.3) is 11.0 Å². The maximum Gasteiger partial charge on any atom is 0.112 e. The van der Waals surface area contributed by atoms with Crippen LogP contribution in [0.1, 0.15) is 26.6 Å². The van der Waals surface area contributed by atoms with Crippen molar-refractivity contribution in [2.45, 2.75) is 32.2 Å². The fourth-order valence-corrected chi connectivity index (χ4v) is 2.08. The van der Waals surface area contributed by atoms with Gasteiger partial charge in [0.05, 0.1) is 17.1 Å². The van der Waals surface area contributed by atoms with Crippen molar-refractivity contribution in [1.82, 2.24) is 15.3 Å². The van der Waals surface area contributed by atoms with Crippen LogP contribution in [-0.2, 0) is 5.41 Å². The number of aromatic nitrogens is 2. The van der Waals surface area contributed by atoms with Crippen LogP contribution in [0.2, 0.25) is 0 Å². The standard InChI is InChI=1S/C14H20N4/c1-14(2,3)13-17-11-5-4-9(6-12(11)18-13)16-10-7-15-8-10/h4-6,10,15-16H,7-8H2,1-3H3,(H,17,18). The van der Waals surface area contributed by atoms with Gasteiger partial charge in [-0.3, -0.25) is 0 Å². The predicted molar refractivity (Wildman–Crippen MR) is 75.1 cm³/mol. The molecule has 3 rings (SSSR count). The smallest absolute Gasteiger partial charge is 0.112 e. The Kier molecular flexibility index (Phi) is 2.55. The lowest BCUT2D eigenvalue weighted by Crippen LogP contribution is -2.51. The summed E-state index contributed by atoms with van der Waals surface area (Å²) in [7, 11) is 0. The zero-order valence-corrected chi connectivity index (χ0v) is 11.2. The van der Waals surface area contributed by atoms with E-state index >= 15 is 0 Å². The van der Waals surface area contributed by atoms with E-state index in [1.807, 2.05) is 0 Å². The maximum atomic E-state index is 4.64. The third-order valence-corrected chi connectivity index (χ3v) is 3.34. The number of aromatic amines is 1. The summed E-state index contributed by atoms with van der Waals surface area (Å²) in [5, 5.41) is 6.77. The number of rotatable bonds is 2. The molecule has 0 unspecified atom stereocenters. The Morgan fingerprint density at radius 1 is 1.28 bits per heavy atom. The van der Waals surface area contributed by atoms with E-state index in [0.717, 1.165) is 35.6 Å².